The Morgan fingerprint density at radius 2 is 2.40 bits per heavy atom. The highest BCUT2D eigenvalue weighted by Crippen LogP contribution is 2.36. The van der Waals surface area contributed by atoms with Crippen LogP contribution in [0.25, 0.3) is 0 Å². The monoisotopic (exact) mass is 245 g/mol. The summed E-state index contributed by atoms with van der Waals surface area (Å²) in [6, 6.07) is 0. The number of hydrogen-bond acceptors (Lipinski definition) is 3. The zero-order chi connectivity index (χ0) is 11.1. The highest BCUT2D eigenvalue weighted by atomic mass is 35.5. The number of halogens is 1. The first-order valence-corrected chi connectivity index (χ1v) is 6.49. The van der Waals surface area contributed by atoms with Gasteiger partial charge in [-0.15, -0.1) is 22.9 Å². The maximum absolute atomic E-state index is 6.38. The summed E-state index contributed by atoms with van der Waals surface area (Å²) in [5.74, 6) is 0.396. The molecule has 15 heavy (non-hydrogen) atoms. The highest BCUT2D eigenvalue weighted by Gasteiger charge is 2.42. The molecular formula is C11H16ClNOS. The standard InChI is InChI=1S/C11H16ClNOS/c1-7-6-15-9(13-7)4-8-5-14-11(2,3)10(8)12/h6,8,10H,4-5H2,1-3H3. The predicted octanol–water partition coefficient (Wildman–Crippen LogP) is 3.03. The minimum Gasteiger partial charge on any atom is -0.374 e. The second kappa shape index (κ2) is 4.04. The number of hydrogen-bond donors (Lipinski definition) is 0. The van der Waals surface area contributed by atoms with Gasteiger partial charge in [0.2, 0.25) is 0 Å². The summed E-state index contributed by atoms with van der Waals surface area (Å²) in [5, 5.41) is 3.34. The molecule has 2 atom stereocenters. The van der Waals surface area contributed by atoms with Crippen LogP contribution < -0.4 is 0 Å². The summed E-state index contributed by atoms with van der Waals surface area (Å²) in [6.07, 6.45) is 0.941. The molecule has 1 aromatic rings. The third kappa shape index (κ3) is 2.35. The molecule has 0 radical (unpaired) electrons. The number of rotatable bonds is 2. The van der Waals surface area contributed by atoms with E-state index in [-0.39, 0.29) is 11.0 Å². The maximum Gasteiger partial charge on any atom is 0.0932 e. The van der Waals surface area contributed by atoms with E-state index in [4.69, 9.17) is 16.3 Å². The van der Waals surface area contributed by atoms with Gasteiger partial charge in [-0.3, -0.25) is 0 Å². The summed E-state index contributed by atoms with van der Waals surface area (Å²) in [5.41, 5.74) is 0.901. The lowest BCUT2D eigenvalue weighted by Gasteiger charge is -2.22. The van der Waals surface area contributed by atoms with Gasteiger partial charge in [-0.2, -0.15) is 0 Å². The van der Waals surface area contributed by atoms with E-state index in [0.717, 1.165) is 18.7 Å². The molecule has 1 aliphatic rings. The van der Waals surface area contributed by atoms with Crippen molar-refractivity contribution < 1.29 is 4.74 Å². The third-order valence-electron chi connectivity index (χ3n) is 2.85. The number of aryl methyl sites for hydroxylation is 1. The zero-order valence-corrected chi connectivity index (χ0v) is 10.9. The van der Waals surface area contributed by atoms with E-state index in [1.54, 1.807) is 11.3 Å². The number of ether oxygens (including phenoxy) is 1. The molecule has 2 unspecified atom stereocenters. The van der Waals surface area contributed by atoms with Gasteiger partial charge in [-0.25, -0.2) is 4.98 Å². The molecule has 1 aliphatic heterocycles. The molecule has 2 nitrogen and oxygen atoms in total. The van der Waals surface area contributed by atoms with Gasteiger partial charge < -0.3 is 4.74 Å². The minimum absolute atomic E-state index is 0.0849. The Kier molecular flexibility index (Phi) is 3.06. The maximum atomic E-state index is 6.38. The van der Waals surface area contributed by atoms with Crippen LogP contribution in [-0.2, 0) is 11.2 Å². The first kappa shape index (κ1) is 11.4. The minimum atomic E-state index is -0.196. The molecule has 1 saturated heterocycles. The smallest absolute Gasteiger partial charge is 0.0932 e. The quantitative estimate of drug-likeness (QED) is 0.748. The Morgan fingerprint density at radius 1 is 1.67 bits per heavy atom. The molecule has 1 fully saturated rings. The van der Waals surface area contributed by atoms with E-state index in [1.807, 2.05) is 6.92 Å². The fraction of sp³-hybridized carbons (Fsp3) is 0.727. The first-order valence-electron chi connectivity index (χ1n) is 5.18. The van der Waals surface area contributed by atoms with Crippen LogP contribution in [0, 0.1) is 12.8 Å². The summed E-state index contributed by atoms with van der Waals surface area (Å²) >= 11 is 8.09. The van der Waals surface area contributed by atoms with Crippen LogP contribution in [0.2, 0.25) is 0 Å². The van der Waals surface area contributed by atoms with Crippen molar-refractivity contribution in [1.82, 2.24) is 4.98 Å². The molecule has 0 bridgehead atoms. The molecule has 0 spiro atoms. The van der Waals surface area contributed by atoms with Crippen LogP contribution in [0.1, 0.15) is 24.5 Å². The van der Waals surface area contributed by atoms with Crippen LogP contribution in [0.5, 0.6) is 0 Å². The second-order valence-corrected chi connectivity index (χ2v) is 6.08. The van der Waals surface area contributed by atoms with Gasteiger partial charge in [-0.05, 0) is 20.8 Å². The van der Waals surface area contributed by atoms with Crippen molar-refractivity contribution in [3.63, 3.8) is 0 Å². The number of thiazole rings is 1. The van der Waals surface area contributed by atoms with E-state index in [0.29, 0.717) is 5.92 Å². The molecular weight excluding hydrogens is 230 g/mol. The Labute approximate surface area is 99.6 Å². The normalized spacial score (nSPS) is 29.6. The molecule has 84 valence electrons. The van der Waals surface area contributed by atoms with Gasteiger partial charge >= 0.3 is 0 Å². The molecule has 2 heterocycles. The van der Waals surface area contributed by atoms with E-state index in [1.165, 1.54) is 5.01 Å². The molecule has 0 amide bonds. The predicted molar refractivity (Wildman–Crippen MR) is 63.7 cm³/mol. The van der Waals surface area contributed by atoms with Crippen LogP contribution >= 0.6 is 22.9 Å². The first-order chi connectivity index (χ1) is 6.99. The lowest BCUT2D eigenvalue weighted by molar-refractivity contribution is 0.0365. The fourth-order valence-corrected chi connectivity index (χ4v) is 3.03. The molecule has 0 aliphatic carbocycles. The Morgan fingerprint density at radius 3 is 2.87 bits per heavy atom. The second-order valence-electron chi connectivity index (χ2n) is 4.66. The average molecular weight is 246 g/mol. The molecule has 0 aromatic carbocycles. The lowest BCUT2D eigenvalue weighted by Crippen LogP contribution is -2.31. The summed E-state index contributed by atoms with van der Waals surface area (Å²) in [6.45, 7) is 6.88. The van der Waals surface area contributed by atoms with E-state index < -0.39 is 0 Å². The Bertz CT molecular complexity index is 350. The molecule has 4 heteroatoms. The Balaban J connectivity index is 2.02. The van der Waals surface area contributed by atoms with Gasteiger partial charge in [0.25, 0.3) is 0 Å². The van der Waals surface area contributed by atoms with E-state index in [2.05, 4.69) is 24.2 Å². The third-order valence-corrected chi connectivity index (χ3v) is 4.72. The van der Waals surface area contributed by atoms with Gasteiger partial charge in [0.05, 0.1) is 22.6 Å². The van der Waals surface area contributed by atoms with Crippen LogP contribution in [0.3, 0.4) is 0 Å². The van der Waals surface area contributed by atoms with E-state index in [9.17, 15) is 0 Å². The zero-order valence-electron chi connectivity index (χ0n) is 9.29. The topological polar surface area (TPSA) is 22.1 Å². The van der Waals surface area contributed by atoms with Crippen molar-refractivity contribution in [3.8, 4) is 0 Å². The number of aromatic nitrogens is 1. The summed E-state index contributed by atoms with van der Waals surface area (Å²) < 4.78 is 5.69. The molecule has 0 N–H and O–H groups in total. The Hall–Kier alpha value is -0.120. The summed E-state index contributed by atoms with van der Waals surface area (Å²) in [7, 11) is 0. The fourth-order valence-electron chi connectivity index (χ4n) is 1.94. The van der Waals surface area contributed by atoms with Crippen LogP contribution in [0.15, 0.2) is 5.38 Å². The molecule has 2 rings (SSSR count). The average Bonchev–Trinajstić information content (AvgIpc) is 2.66. The SMILES string of the molecule is Cc1csc(CC2COC(C)(C)C2Cl)n1. The van der Waals surface area contributed by atoms with Crippen LogP contribution in [0.4, 0.5) is 0 Å². The summed E-state index contributed by atoms with van der Waals surface area (Å²) in [4.78, 5) is 4.46. The van der Waals surface area contributed by atoms with Crippen LogP contribution in [-0.4, -0.2) is 22.6 Å². The van der Waals surface area contributed by atoms with Crippen molar-refractivity contribution in [2.24, 2.45) is 5.92 Å². The number of nitrogens with zero attached hydrogens (tertiary/aromatic N) is 1. The number of alkyl halides is 1. The molecule has 1 aromatic heterocycles. The van der Waals surface area contributed by atoms with Crippen molar-refractivity contribution in [2.75, 3.05) is 6.61 Å². The molecule has 0 saturated carbocycles. The largest absolute Gasteiger partial charge is 0.374 e. The van der Waals surface area contributed by atoms with Gasteiger partial charge in [0.1, 0.15) is 0 Å². The van der Waals surface area contributed by atoms with Crippen molar-refractivity contribution >= 4 is 22.9 Å². The van der Waals surface area contributed by atoms with Gasteiger partial charge in [0.15, 0.2) is 0 Å². The lowest BCUT2D eigenvalue weighted by atomic mass is 9.95. The highest BCUT2D eigenvalue weighted by molar-refractivity contribution is 7.09. The van der Waals surface area contributed by atoms with Gasteiger partial charge in [-0.1, -0.05) is 0 Å². The van der Waals surface area contributed by atoms with E-state index >= 15 is 0 Å². The van der Waals surface area contributed by atoms with Crippen molar-refractivity contribution in [2.45, 2.75) is 38.2 Å². The van der Waals surface area contributed by atoms with Crippen molar-refractivity contribution in [3.05, 3.63) is 16.1 Å². The van der Waals surface area contributed by atoms with Crippen molar-refractivity contribution in [1.29, 1.82) is 0 Å². The van der Waals surface area contributed by atoms with Gasteiger partial charge in [0, 0.05) is 23.4 Å².